The van der Waals surface area contributed by atoms with E-state index in [1.807, 2.05) is 68.5 Å². The Bertz CT molecular complexity index is 1820. The molecule has 3 aromatic carbocycles. The van der Waals surface area contributed by atoms with Crippen molar-refractivity contribution in [3.8, 4) is 5.75 Å². The van der Waals surface area contributed by atoms with E-state index in [4.69, 9.17) is 21.1 Å². The molecule has 9 heteroatoms. The molecular weight excluding hydrogens is 624 g/mol. The van der Waals surface area contributed by atoms with Gasteiger partial charge in [0.25, 0.3) is 5.56 Å². The quantitative estimate of drug-likeness (QED) is 0.217. The molecule has 0 bridgehead atoms. The Labute approximate surface area is 255 Å². The van der Waals surface area contributed by atoms with Gasteiger partial charge < -0.3 is 9.47 Å². The molecule has 1 aliphatic heterocycles. The van der Waals surface area contributed by atoms with E-state index in [1.54, 1.807) is 30.5 Å². The van der Waals surface area contributed by atoms with Gasteiger partial charge in [0.1, 0.15) is 12.4 Å². The van der Waals surface area contributed by atoms with E-state index in [2.05, 4.69) is 20.9 Å². The molecule has 4 aromatic rings. The van der Waals surface area contributed by atoms with Crippen LogP contribution in [0.3, 0.4) is 0 Å². The summed E-state index contributed by atoms with van der Waals surface area (Å²) in [4.78, 5) is 32.1. The maximum absolute atomic E-state index is 13.9. The van der Waals surface area contributed by atoms with Gasteiger partial charge in [0.2, 0.25) is 0 Å². The second kappa shape index (κ2) is 12.2. The first-order valence-corrected chi connectivity index (χ1v) is 15.1. The predicted octanol–water partition coefficient (Wildman–Crippen LogP) is 6.41. The fraction of sp³-hybridized carbons (Fsp3) is 0.219. The molecule has 0 radical (unpaired) electrons. The number of hydrogen-bond donors (Lipinski definition) is 0. The van der Waals surface area contributed by atoms with Crippen molar-refractivity contribution in [2.75, 3.05) is 6.61 Å². The van der Waals surface area contributed by atoms with Crippen LogP contribution in [0.4, 0.5) is 0 Å². The van der Waals surface area contributed by atoms with E-state index < -0.39 is 12.0 Å². The number of benzene rings is 3. The van der Waals surface area contributed by atoms with Crippen LogP contribution in [0, 0.1) is 13.8 Å². The third-order valence-corrected chi connectivity index (χ3v) is 8.54. The zero-order valence-corrected chi connectivity index (χ0v) is 26.2. The minimum Gasteiger partial charge on any atom is -0.488 e. The molecule has 41 heavy (non-hydrogen) atoms. The van der Waals surface area contributed by atoms with Crippen LogP contribution < -0.4 is 19.6 Å². The Morgan fingerprint density at radius 1 is 1.07 bits per heavy atom. The molecule has 0 spiro atoms. The summed E-state index contributed by atoms with van der Waals surface area (Å²) in [6, 6.07) is 18.5. The standard InChI is InChI=1S/C32H28BrClN2O4S/c1-5-39-31(38)27-20(4)35-32-36(28(27)23-8-12-25(34)13-9-23)30(37)26(41-32)16-22-14-18(2)29(19(3)15-22)40-17-21-6-10-24(33)11-7-21/h6-16,28H,5,17H2,1-4H3/b26-16-/t28-/m0/s1. The predicted molar refractivity (Wildman–Crippen MR) is 166 cm³/mol. The number of rotatable bonds is 7. The number of ether oxygens (including phenoxy) is 2. The van der Waals surface area contributed by atoms with Gasteiger partial charge in [0, 0.05) is 9.50 Å². The van der Waals surface area contributed by atoms with Crippen molar-refractivity contribution in [3.63, 3.8) is 0 Å². The molecule has 6 nitrogen and oxygen atoms in total. The molecule has 0 saturated heterocycles. The summed E-state index contributed by atoms with van der Waals surface area (Å²) in [6.45, 7) is 8.19. The van der Waals surface area contributed by atoms with Crippen LogP contribution in [0.25, 0.3) is 6.08 Å². The van der Waals surface area contributed by atoms with Crippen LogP contribution in [-0.2, 0) is 16.1 Å². The van der Waals surface area contributed by atoms with Gasteiger partial charge in [-0.3, -0.25) is 9.36 Å². The minimum absolute atomic E-state index is 0.217. The van der Waals surface area contributed by atoms with Crippen LogP contribution in [0.1, 0.15) is 47.7 Å². The van der Waals surface area contributed by atoms with Gasteiger partial charge in [0.15, 0.2) is 4.80 Å². The maximum Gasteiger partial charge on any atom is 0.338 e. The van der Waals surface area contributed by atoms with Gasteiger partial charge in [-0.05, 0) is 98.0 Å². The summed E-state index contributed by atoms with van der Waals surface area (Å²) in [6.07, 6.45) is 1.87. The number of carbonyl (C=O) groups is 1. The molecule has 210 valence electrons. The van der Waals surface area contributed by atoms with Crippen molar-refractivity contribution in [2.24, 2.45) is 4.99 Å². The molecule has 0 aliphatic carbocycles. The number of aryl methyl sites for hydroxylation is 2. The smallest absolute Gasteiger partial charge is 0.338 e. The number of allylic oxidation sites excluding steroid dienone is 1. The average molecular weight is 652 g/mol. The summed E-state index contributed by atoms with van der Waals surface area (Å²) in [7, 11) is 0. The van der Waals surface area contributed by atoms with Gasteiger partial charge in [-0.15, -0.1) is 0 Å². The van der Waals surface area contributed by atoms with Crippen molar-refractivity contribution in [2.45, 2.75) is 40.3 Å². The molecule has 5 rings (SSSR count). The van der Waals surface area contributed by atoms with E-state index in [-0.39, 0.29) is 12.2 Å². The SMILES string of the molecule is CCOC(=O)C1=C(C)N=c2s/c(=C\c3cc(C)c(OCc4ccc(Br)cc4)c(C)c3)c(=O)n2[C@H]1c1ccc(Cl)cc1. The Morgan fingerprint density at radius 3 is 2.37 bits per heavy atom. The molecule has 0 amide bonds. The number of halogens is 2. The first-order valence-electron chi connectivity index (χ1n) is 13.1. The first kappa shape index (κ1) is 29.0. The largest absolute Gasteiger partial charge is 0.488 e. The number of hydrogen-bond acceptors (Lipinski definition) is 6. The molecule has 1 aliphatic rings. The summed E-state index contributed by atoms with van der Waals surface area (Å²) in [5.74, 6) is 0.330. The van der Waals surface area contributed by atoms with Crippen LogP contribution in [0.2, 0.25) is 5.02 Å². The molecule has 0 unspecified atom stereocenters. The van der Waals surface area contributed by atoms with E-state index in [0.29, 0.717) is 32.2 Å². The second-order valence-electron chi connectivity index (χ2n) is 9.75. The summed E-state index contributed by atoms with van der Waals surface area (Å²) < 4.78 is 14.6. The Morgan fingerprint density at radius 2 is 1.73 bits per heavy atom. The van der Waals surface area contributed by atoms with E-state index >= 15 is 0 Å². The summed E-state index contributed by atoms with van der Waals surface area (Å²) in [5.41, 5.74) is 5.28. The lowest BCUT2D eigenvalue weighted by Crippen LogP contribution is -2.39. The second-order valence-corrected chi connectivity index (χ2v) is 12.1. The highest BCUT2D eigenvalue weighted by Gasteiger charge is 2.33. The maximum atomic E-state index is 13.9. The average Bonchev–Trinajstić information content (AvgIpc) is 3.23. The van der Waals surface area contributed by atoms with Crippen LogP contribution >= 0.6 is 38.9 Å². The highest BCUT2D eigenvalue weighted by atomic mass is 79.9. The lowest BCUT2D eigenvalue weighted by molar-refractivity contribution is -0.139. The zero-order chi connectivity index (χ0) is 29.3. The van der Waals surface area contributed by atoms with Crippen LogP contribution in [0.15, 0.2) is 86.2 Å². The van der Waals surface area contributed by atoms with Crippen molar-refractivity contribution in [1.29, 1.82) is 0 Å². The van der Waals surface area contributed by atoms with Gasteiger partial charge >= 0.3 is 5.97 Å². The third kappa shape index (κ3) is 6.10. The molecule has 0 N–H and O–H groups in total. The number of nitrogens with zero attached hydrogens (tertiary/aromatic N) is 2. The topological polar surface area (TPSA) is 69.9 Å². The Balaban J connectivity index is 1.54. The third-order valence-electron chi connectivity index (χ3n) is 6.78. The number of aromatic nitrogens is 1. The van der Waals surface area contributed by atoms with Crippen molar-refractivity contribution in [3.05, 3.63) is 129 Å². The lowest BCUT2D eigenvalue weighted by atomic mass is 9.96. The van der Waals surface area contributed by atoms with Gasteiger partial charge in [-0.1, -0.05) is 63.1 Å². The first-order chi connectivity index (χ1) is 19.7. The number of carbonyl (C=O) groups excluding carboxylic acids is 1. The van der Waals surface area contributed by atoms with Gasteiger partial charge in [0.05, 0.1) is 28.5 Å². The van der Waals surface area contributed by atoms with E-state index in [0.717, 1.165) is 38.0 Å². The number of thiazole rings is 1. The molecule has 1 atom stereocenters. The monoisotopic (exact) mass is 650 g/mol. The molecule has 1 aromatic heterocycles. The summed E-state index contributed by atoms with van der Waals surface area (Å²) in [5, 5.41) is 0.564. The summed E-state index contributed by atoms with van der Waals surface area (Å²) >= 11 is 10.9. The lowest BCUT2D eigenvalue weighted by Gasteiger charge is -2.24. The van der Waals surface area contributed by atoms with E-state index in [9.17, 15) is 9.59 Å². The highest BCUT2D eigenvalue weighted by Crippen LogP contribution is 2.31. The van der Waals surface area contributed by atoms with Gasteiger partial charge in [-0.2, -0.15) is 0 Å². The zero-order valence-electron chi connectivity index (χ0n) is 23.0. The van der Waals surface area contributed by atoms with Crippen molar-refractivity contribution in [1.82, 2.24) is 4.57 Å². The Kier molecular flexibility index (Phi) is 8.63. The molecular formula is C32H28BrClN2O4S. The molecule has 2 heterocycles. The van der Waals surface area contributed by atoms with Crippen molar-refractivity contribution < 1.29 is 14.3 Å². The van der Waals surface area contributed by atoms with E-state index in [1.165, 1.54) is 11.3 Å². The number of esters is 1. The minimum atomic E-state index is -0.678. The highest BCUT2D eigenvalue weighted by molar-refractivity contribution is 9.10. The molecule has 0 fully saturated rings. The fourth-order valence-corrected chi connectivity index (χ4v) is 6.37. The van der Waals surface area contributed by atoms with Gasteiger partial charge in [-0.25, -0.2) is 9.79 Å². The Hall–Kier alpha value is -3.46. The van der Waals surface area contributed by atoms with Crippen LogP contribution in [0.5, 0.6) is 5.75 Å². The molecule has 0 saturated carbocycles. The number of fused-ring (bicyclic) bond motifs is 1. The fourth-order valence-electron chi connectivity index (χ4n) is 4.93. The normalized spacial score (nSPS) is 15.0. The van der Waals surface area contributed by atoms with Crippen LogP contribution in [-0.4, -0.2) is 17.1 Å². The van der Waals surface area contributed by atoms with Crippen molar-refractivity contribution >= 4 is 50.9 Å².